The lowest BCUT2D eigenvalue weighted by Gasteiger charge is -1.86. The molecule has 3 heteroatoms. The van der Waals surface area contributed by atoms with E-state index in [0.717, 1.165) is 12.8 Å². The fraction of sp³-hybridized carbons (Fsp3) is 0.500. The predicted molar refractivity (Wildman–Crippen MR) is 46.9 cm³/mol. The Kier molecular flexibility index (Phi) is 18.8. The third kappa shape index (κ3) is 27.0. The molecule has 0 bridgehead atoms. The van der Waals surface area contributed by atoms with Crippen LogP contribution >= 0.6 is 0 Å². The van der Waals surface area contributed by atoms with Gasteiger partial charge in [0.25, 0.3) is 0 Å². The molecule has 0 heterocycles. The number of ether oxygens (including phenoxy) is 1. The van der Waals surface area contributed by atoms with Crippen molar-refractivity contribution in [2.45, 2.75) is 12.8 Å². The van der Waals surface area contributed by atoms with Crippen molar-refractivity contribution < 1.29 is 9.84 Å². The molecule has 3 N–H and O–H groups in total. The third-order valence-electron chi connectivity index (χ3n) is 0.805. The number of hydrogen-bond acceptors (Lipinski definition) is 3. The minimum absolute atomic E-state index is 0.275. The van der Waals surface area contributed by atoms with Crippen LogP contribution in [0.15, 0.2) is 25.7 Å². The van der Waals surface area contributed by atoms with Gasteiger partial charge in [-0.1, -0.05) is 13.2 Å². The summed E-state index contributed by atoms with van der Waals surface area (Å²) in [5.74, 6) is 0. The smallest absolute Gasteiger partial charge is 0.0829 e. The Labute approximate surface area is 68.2 Å². The van der Waals surface area contributed by atoms with Crippen LogP contribution in [-0.4, -0.2) is 18.3 Å². The molecule has 0 aromatic rings. The molecule has 3 nitrogen and oxygen atoms in total. The molecule has 0 amide bonds. The predicted octanol–water partition coefficient (Wildman–Crippen LogP) is 1.01. The van der Waals surface area contributed by atoms with Gasteiger partial charge in [0.15, 0.2) is 0 Å². The molecular weight excluding hydrogens is 142 g/mol. The van der Waals surface area contributed by atoms with Crippen molar-refractivity contribution in [3.63, 3.8) is 0 Å². The fourth-order valence-corrected chi connectivity index (χ4v) is 0.324. The average Bonchev–Trinajstić information content (AvgIpc) is 2.04. The summed E-state index contributed by atoms with van der Waals surface area (Å²) in [6.07, 6.45) is 4.41. The number of nitrogens with two attached hydrogens (primary N) is 1. The summed E-state index contributed by atoms with van der Waals surface area (Å²) in [7, 11) is 0. The molecule has 0 atom stereocenters. The van der Waals surface area contributed by atoms with Crippen LogP contribution in [0.3, 0.4) is 0 Å². The van der Waals surface area contributed by atoms with E-state index in [0.29, 0.717) is 6.54 Å². The van der Waals surface area contributed by atoms with Crippen LogP contribution in [0.25, 0.3) is 0 Å². The lowest BCUT2D eigenvalue weighted by molar-refractivity contribution is 0.285. The second-order valence-electron chi connectivity index (χ2n) is 1.69. The third-order valence-corrected chi connectivity index (χ3v) is 0.805. The Bertz CT molecular complexity index is 74.2. The van der Waals surface area contributed by atoms with Gasteiger partial charge in [-0.3, -0.25) is 0 Å². The second kappa shape index (κ2) is 16.1. The van der Waals surface area contributed by atoms with Crippen LogP contribution in [0.2, 0.25) is 0 Å². The Morgan fingerprint density at radius 3 is 1.91 bits per heavy atom. The van der Waals surface area contributed by atoms with E-state index in [1.54, 1.807) is 0 Å². The molecule has 0 aliphatic rings. The van der Waals surface area contributed by atoms with Crippen molar-refractivity contribution in [3.05, 3.63) is 25.7 Å². The minimum atomic E-state index is 0.275. The van der Waals surface area contributed by atoms with Crippen LogP contribution in [0.4, 0.5) is 0 Å². The molecule has 0 aliphatic heterocycles. The summed E-state index contributed by atoms with van der Waals surface area (Å²) in [4.78, 5) is 0. The Balaban J connectivity index is 0. The maximum Gasteiger partial charge on any atom is 0.0829 e. The van der Waals surface area contributed by atoms with Crippen LogP contribution in [0.1, 0.15) is 12.8 Å². The number of aliphatic hydroxyl groups excluding tert-OH is 1. The van der Waals surface area contributed by atoms with Gasteiger partial charge in [-0.2, -0.15) is 0 Å². The van der Waals surface area contributed by atoms with E-state index in [1.807, 2.05) is 0 Å². The first kappa shape index (κ1) is 12.8. The first-order valence-electron chi connectivity index (χ1n) is 3.51. The molecule has 0 aromatic heterocycles. The molecule has 0 rings (SSSR count). The summed E-state index contributed by atoms with van der Waals surface area (Å²) in [5.41, 5.74) is 5.10. The number of hydrogen-bond donors (Lipinski definition) is 2. The Morgan fingerprint density at radius 1 is 1.27 bits per heavy atom. The molecule has 0 aromatic carbocycles. The van der Waals surface area contributed by atoms with Crippen LogP contribution in [-0.2, 0) is 4.74 Å². The molecule has 0 saturated heterocycles. The summed E-state index contributed by atoms with van der Waals surface area (Å²) in [6.45, 7) is 7.48. The Morgan fingerprint density at radius 2 is 1.82 bits per heavy atom. The minimum Gasteiger partial charge on any atom is -0.474 e. The number of aliphatic hydroxyl groups is 1. The molecule has 0 unspecified atom stereocenters. The standard InChI is InChI=1S/C4H11NO.C4H6O/c5-3-1-2-4-6;1-3-5-4-2/h6H,1-5H2;3-4H,1-2H2. The highest BCUT2D eigenvalue weighted by Gasteiger charge is 1.76. The highest BCUT2D eigenvalue weighted by atomic mass is 16.5. The van der Waals surface area contributed by atoms with Crippen LogP contribution in [0.5, 0.6) is 0 Å². The van der Waals surface area contributed by atoms with Crippen molar-refractivity contribution in [2.75, 3.05) is 13.2 Å². The van der Waals surface area contributed by atoms with Gasteiger partial charge >= 0.3 is 0 Å². The lowest BCUT2D eigenvalue weighted by atomic mass is 10.3. The zero-order chi connectivity index (χ0) is 8.95. The van der Waals surface area contributed by atoms with Crippen LogP contribution < -0.4 is 5.73 Å². The van der Waals surface area contributed by atoms with E-state index < -0.39 is 0 Å². The van der Waals surface area contributed by atoms with E-state index in [-0.39, 0.29) is 6.61 Å². The molecule has 0 fully saturated rings. The van der Waals surface area contributed by atoms with E-state index in [2.05, 4.69) is 17.9 Å². The molecule has 66 valence electrons. The first-order chi connectivity index (χ1) is 5.33. The molecule has 0 aliphatic carbocycles. The molecule has 0 spiro atoms. The maximum atomic E-state index is 8.14. The van der Waals surface area contributed by atoms with E-state index in [4.69, 9.17) is 10.8 Å². The van der Waals surface area contributed by atoms with Crippen molar-refractivity contribution >= 4 is 0 Å². The quantitative estimate of drug-likeness (QED) is 0.465. The highest BCUT2D eigenvalue weighted by molar-refractivity contribution is 4.57. The van der Waals surface area contributed by atoms with Gasteiger partial charge in [-0.15, -0.1) is 0 Å². The van der Waals surface area contributed by atoms with E-state index >= 15 is 0 Å². The largest absolute Gasteiger partial charge is 0.474 e. The monoisotopic (exact) mass is 159 g/mol. The molecule has 11 heavy (non-hydrogen) atoms. The summed E-state index contributed by atoms with van der Waals surface area (Å²) in [5, 5.41) is 8.14. The van der Waals surface area contributed by atoms with Crippen molar-refractivity contribution in [1.82, 2.24) is 0 Å². The van der Waals surface area contributed by atoms with Gasteiger partial charge < -0.3 is 15.6 Å². The topological polar surface area (TPSA) is 55.5 Å². The van der Waals surface area contributed by atoms with Gasteiger partial charge in [-0.05, 0) is 19.4 Å². The summed E-state index contributed by atoms with van der Waals surface area (Å²) < 4.78 is 4.36. The van der Waals surface area contributed by atoms with Crippen molar-refractivity contribution in [3.8, 4) is 0 Å². The van der Waals surface area contributed by atoms with Crippen LogP contribution in [0, 0.1) is 0 Å². The molecule has 0 saturated carbocycles. The SMILES string of the molecule is C=COC=C.NCCCCO. The maximum absolute atomic E-state index is 8.14. The molecular formula is C8H17NO2. The number of rotatable bonds is 5. The summed E-state index contributed by atoms with van der Waals surface area (Å²) in [6, 6.07) is 0. The highest BCUT2D eigenvalue weighted by Crippen LogP contribution is 1.79. The Hall–Kier alpha value is -0.800. The zero-order valence-corrected chi connectivity index (χ0v) is 6.83. The fourth-order valence-electron chi connectivity index (χ4n) is 0.324. The van der Waals surface area contributed by atoms with Crippen molar-refractivity contribution in [1.29, 1.82) is 0 Å². The first-order valence-corrected chi connectivity index (χ1v) is 3.51. The van der Waals surface area contributed by atoms with Gasteiger partial charge in [0.1, 0.15) is 0 Å². The van der Waals surface area contributed by atoms with Gasteiger partial charge in [0.2, 0.25) is 0 Å². The van der Waals surface area contributed by atoms with Gasteiger partial charge in [0.05, 0.1) is 12.5 Å². The van der Waals surface area contributed by atoms with E-state index in [1.165, 1.54) is 12.5 Å². The normalized spacial score (nSPS) is 7.45. The lowest BCUT2D eigenvalue weighted by Crippen LogP contribution is -1.98. The summed E-state index contributed by atoms with van der Waals surface area (Å²) >= 11 is 0. The van der Waals surface area contributed by atoms with Gasteiger partial charge in [0, 0.05) is 6.61 Å². The second-order valence-corrected chi connectivity index (χ2v) is 1.69. The van der Waals surface area contributed by atoms with Crippen molar-refractivity contribution in [2.24, 2.45) is 5.73 Å². The number of unbranched alkanes of at least 4 members (excludes halogenated alkanes) is 1. The van der Waals surface area contributed by atoms with Gasteiger partial charge in [-0.25, -0.2) is 0 Å². The zero-order valence-electron chi connectivity index (χ0n) is 6.83. The molecule has 0 radical (unpaired) electrons. The van der Waals surface area contributed by atoms with E-state index in [9.17, 15) is 0 Å². The average molecular weight is 159 g/mol.